The number of aryl methyl sites for hydroxylation is 1. The third-order valence-electron chi connectivity index (χ3n) is 6.34. The van der Waals surface area contributed by atoms with Crippen LogP contribution >= 0.6 is 11.3 Å². The molecule has 3 atom stereocenters. The largest absolute Gasteiger partial charge is 0.468 e. The fourth-order valence-corrected chi connectivity index (χ4v) is 5.30. The lowest BCUT2D eigenvalue weighted by Gasteiger charge is -2.28. The van der Waals surface area contributed by atoms with Gasteiger partial charge >= 0.3 is 0 Å². The second-order valence-electron chi connectivity index (χ2n) is 9.34. The third-order valence-corrected chi connectivity index (χ3v) is 7.32. The molecule has 10 nitrogen and oxygen atoms in total. The number of ether oxygens (including phenoxy) is 1. The van der Waals surface area contributed by atoms with Crippen LogP contribution in [0.1, 0.15) is 43.2 Å². The van der Waals surface area contributed by atoms with Gasteiger partial charge in [0.05, 0.1) is 22.2 Å². The summed E-state index contributed by atoms with van der Waals surface area (Å²) in [5.41, 5.74) is 4.78. The normalized spacial score (nSPS) is 18.1. The number of aliphatic hydroxyl groups is 1. The fraction of sp³-hybridized carbons (Fsp3) is 0.423. The number of carbonyl (C=O) groups is 3. The number of hydrogen-bond donors (Lipinski definition) is 2. The molecule has 196 valence electrons. The minimum atomic E-state index is -0.810. The first-order valence-electron chi connectivity index (χ1n) is 12.1. The van der Waals surface area contributed by atoms with Gasteiger partial charge in [0.1, 0.15) is 18.6 Å². The summed E-state index contributed by atoms with van der Waals surface area (Å²) >= 11 is 1.58. The molecule has 37 heavy (non-hydrogen) atoms. The van der Waals surface area contributed by atoms with Gasteiger partial charge in [0.25, 0.3) is 5.88 Å². The van der Waals surface area contributed by atoms with Crippen molar-refractivity contribution in [2.45, 2.75) is 51.8 Å². The molecule has 11 heteroatoms. The van der Waals surface area contributed by atoms with E-state index in [-0.39, 0.29) is 48.9 Å². The van der Waals surface area contributed by atoms with Gasteiger partial charge in [-0.15, -0.1) is 11.3 Å². The second-order valence-corrected chi connectivity index (χ2v) is 10.2. The van der Waals surface area contributed by atoms with Gasteiger partial charge in [0.15, 0.2) is 12.0 Å². The van der Waals surface area contributed by atoms with Crippen LogP contribution in [0, 0.1) is 12.8 Å². The second kappa shape index (κ2) is 11.7. The summed E-state index contributed by atoms with van der Waals surface area (Å²) in [6.45, 7) is 5.84. The van der Waals surface area contributed by atoms with E-state index in [2.05, 4.69) is 15.5 Å². The Hall–Kier alpha value is -3.57. The zero-order valence-corrected chi connectivity index (χ0v) is 21.7. The van der Waals surface area contributed by atoms with Crippen LogP contribution in [0.5, 0.6) is 5.88 Å². The number of amides is 2. The maximum Gasteiger partial charge on any atom is 0.254 e. The van der Waals surface area contributed by atoms with Gasteiger partial charge in [-0.25, -0.2) is 4.98 Å². The van der Waals surface area contributed by atoms with Crippen molar-refractivity contribution in [3.05, 3.63) is 52.9 Å². The van der Waals surface area contributed by atoms with Crippen molar-refractivity contribution in [3.8, 4) is 16.3 Å². The maximum atomic E-state index is 13.6. The summed E-state index contributed by atoms with van der Waals surface area (Å²) in [6, 6.07) is 8.56. The van der Waals surface area contributed by atoms with Crippen LogP contribution in [0.25, 0.3) is 10.4 Å². The molecule has 2 amide bonds. The topological polar surface area (TPSA) is 135 Å². The van der Waals surface area contributed by atoms with Gasteiger partial charge in [-0.2, -0.15) is 0 Å². The Bertz CT molecular complexity index is 1240. The molecular weight excluding hydrogens is 496 g/mol. The summed E-state index contributed by atoms with van der Waals surface area (Å²) in [5.74, 6) is -1.20. The van der Waals surface area contributed by atoms with Crippen LogP contribution in [0.4, 0.5) is 0 Å². The highest BCUT2D eigenvalue weighted by Gasteiger charge is 2.43. The van der Waals surface area contributed by atoms with Crippen molar-refractivity contribution < 1.29 is 28.8 Å². The first kappa shape index (κ1) is 26.5. The summed E-state index contributed by atoms with van der Waals surface area (Å²) < 4.78 is 10.5. The number of aliphatic hydroxyl groups excluding tert-OH is 1. The fourth-order valence-electron chi connectivity index (χ4n) is 4.49. The minimum Gasteiger partial charge on any atom is -0.468 e. The molecule has 2 aromatic heterocycles. The number of carbonyl (C=O) groups excluding carboxylic acids is 3. The van der Waals surface area contributed by atoms with Crippen molar-refractivity contribution in [1.82, 2.24) is 20.4 Å². The molecule has 1 aliphatic heterocycles. The molecule has 2 N–H and O–H groups in total. The van der Waals surface area contributed by atoms with E-state index >= 15 is 0 Å². The highest BCUT2D eigenvalue weighted by molar-refractivity contribution is 7.13. The number of benzene rings is 1. The van der Waals surface area contributed by atoms with Crippen LogP contribution in [-0.4, -0.2) is 63.5 Å². The van der Waals surface area contributed by atoms with Crippen LogP contribution in [-0.2, 0) is 20.9 Å². The van der Waals surface area contributed by atoms with Gasteiger partial charge in [0.2, 0.25) is 11.8 Å². The lowest BCUT2D eigenvalue weighted by Crippen LogP contribution is -2.48. The zero-order chi connectivity index (χ0) is 26.5. The highest BCUT2D eigenvalue weighted by Crippen LogP contribution is 2.32. The highest BCUT2D eigenvalue weighted by atomic mass is 32.1. The Balaban J connectivity index is 1.43. The predicted molar refractivity (Wildman–Crippen MR) is 136 cm³/mol. The van der Waals surface area contributed by atoms with E-state index in [4.69, 9.17) is 9.26 Å². The number of rotatable bonds is 10. The standard InChI is InChI=1S/C26H30N4O6S/c1-15(2)23(21-11-22(29-36-21)35-9-8-31)26(34)30-13-19(32)10-20(30)25(33)27-12-17-4-6-18(7-5-17)24-16(3)28-14-37-24/h4-8,11,14-15,19-20,23,32H,9-10,12-13H2,1-3H3,(H,27,33)/t19-,20+,23-/m1/s1. The van der Waals surface area contributed by atoms with Crippen molar-refractivity contribution >= 4 is 29.4 Å². The molecule has 1 saturated heterocycles. The van der Waals surface area contributed by atoms with Crippen LogP contribution in [0.2, 0.25) is 0 Å². The molecule has 1 aliphatic rings. The quantitative estimate of drug-likeness (QED) is 0.385. The van der Waals surface area contributed by atoms with Crippen LogP contribution in [0.3, 0.4) is 0 Å². The Morgan fingerprint density at radius 2 is 2.08 bits per heavy atom. The van der Waals surface area contributed by atoms with E-state index in [1.165, 1.54) is 11.0 Å². The number of nitrogens with one attached hydrogen (secondary N) is 1. The van der Waals surface area contributed by atoms with E-state index < -0.39 is 18.1 Å². The lowest BCUT2D eigenvalue weighted by atomic mass is 9.91. The number of likely N-dealkylation sites (tertiary alicyclic amines) is 1. The molecule has 0 bridgehead atoms. The number of thiazole rings is 1. The van der Waals surface area contributed by atoms with Crippen LogP contribution in [0.15, 0.2) is 40.4 Å². The molecule has 1 aromatic carbocycles. The predicted octanol–water partition coefficient (Wildman–Crippen LogP) is 2.70. The average molecular weight is 527 g/mol. The molecular formula is C26H30N4O6S. The molecule has 1 fully saturated rings. The molecule has 0 unspecified atom stereocenters. The molecule has 3 heterocycles. The Kier molecular flexibility index (Phi) is 8.34. The average Bonchev–Trinajstić information content (AvgIpc) is 3.61. The van der Waals surface area contributed by atoms with Crippen molar-refractivity contribution in [2.24, 2.45) is 5.92 Å². The van der Waals surface area contributed by atoms with Crippen molar-refractivity contribution in [3.63, 3.8) is 0 Å². The third kappa shape index (κ3) is 6.05. The van der Waals surface area contributed by atoms with Gasteiger partial charge < -0.3 is 24.6 Å². The Morgan fingerprint density at radius 3 is 2.73 bits per heavy atom. The Labute approximate surface area is 218 Å². The van der Waals surface area contributed by atoms with E-state index in [0.29, 0.717) is 12.8 Å². The van der Waals surface area contributed by atoms with Gasteiger partial charge in [-0.3, -0.25) is 14.4 Å². The monoisotopic (exact) mass is 526 g/mol. The molecule has 0 radical (unpaired) electrons. The zero-order valence-electron chi connectivity index (χ0n) is 20.9. The van der Waals surface area contributed by atoms with E-state index in [1.54, 1.807) is 11.3 Å². The van der Waals surface area contributed by atoms with Gasteiger partial charge in [-0.1, -0.05) is 38.1 Å². The Morgan fingerprint density at radius 1 is 1.32 bits per heavy atom. The summed E-state index contributed by atoms with van der Waals surface area (Å²) in [6.07, 6.45) is -0.0726. The maximum absolute atomic E-state index is 13.6. The van der Waals surface area contributed by atoms with Crippen molar-refractivity contribution in [2.75, 3.05) is 13.2 Å². The lowest BCUT2D eigenvalue weighted by molar-refractivity contribution is -0.141. The minimum absolute atomic E-state index is 0.0473. The van der Waals surface area contributed by atoms with E-state index in [1.807, 2.05) is 50.5 Å². The van der Waals surface area contributed by atoms with Gasteiger partial charge in [-0.05, 0) is 29.1 Å². The SMILES string of the molecule is Cc1ncsc1-c1ccc(CNC(=O)[C@@H]2C[C@@H](O)CN2C(=O)[C@@H](c2cc(OCC=O)no2)C(C)C)cc1. The number of nitrogens with zero attached hydrogens (tertiary/aromatic N) is 3. The van der Waals surface area contributed by atoms with Gasteiger partial charge in [0, 0.05) is 25.6 Å². The van der Waals surface area contributed by atoms with E-state index in [0.717, 1.165) is 21.7 Å². The molecule has 0 spiro atoms. The molecule has 3 aromatic rings. The summed E-state index contributed by atoms with van der Waals surface area (Å²) in [5, 5.41) is 17.0. The summed E-state index contributed by atoms with van der Waals surface area (Å²) in [4.78, 5) is 44.0. The smallest absolute Gasteiger partial charge is 0.254 e. The van der Waals surface area contributed by atoms with Crippen molar-refractivity contribution in [1.29, 1.82) is 0 Å². The number of β-amino-alcohol motifs (C(OH)–C–C–N with tert-alkyl or cyclic N) is 1. The number of aromatic nitrogens is 2. The first-order valence-corrected chi connectivity index (χ1v) is 12.9. The molecule has 0 saturated carbocycles. The summed E-state index contributed by atoms with van der Waals surface area (Å²) in [7, 11) is 0. The number of aldehydes is 1. The number of hydrogen-bond acceptors (Lipinski definition) is 9. The first-order chi connectivity index (χ1) is 17.8. The van der Waals surface area contributed by atoms with E-state index in [9.17, 15) is 19.5 Å². The van der Waals surface area contributed by atoms with Crippen LogP contribution < -0.4 is 10.1 Å². The molecule has 4 rings (SSSR count). The molecule has 0 aliphatic carbocycles.